The molecule has 3 aromatic rings. The molecule has 1 saturated heterocycles. The number of rotatable bonds is 7. The van der Waals surface area contributed by atoms with Crippen LogP contribution in [-0.4, -0.2) is 50.0 Å². The van der Waals surface area contributed by atoms with Gasteiger partial charge in [-0.25, -0.2) is 18.4 Å². The molecule has 176 valence electrons. The molecule has 1 aliphatic rings. The molecule has 0 unspecified atom stereocenters. The maximum absolute atomic E-state index is 14.8. The van der Waals surface area contributed by atoms with E-state index >= 15 is 0 Å². The second-order valence-electron chi connectivity index (χ2n) is 8.58. The standard InChI is InChI=1S/C24H27ClF2N4O2/c1-16-11-18(25)3-6-23(16)33-20-7-9-30(10-8-20)17(2)24(32,13-31-15-28-14-29-31)21-5-4-19(26)12-22(21)27/h3-6,11-12,14-15,17,20,32H,7-10,13H2,1-2H3/t17-,24-/m1/s1. The van der Waals surface area contributed by atoms with Gasteiger partial charge in [-0.1, -0.05) is 17.7 Å². The maximum atomic E-state index is 14.8. The van der Waals surface area contributed by atoms with Gasteiger partial charge in [0.25, 0.3) is 0 Å². The summed E-state index contributed by atoms with van der Waals surface area (Å²) < 4.78 is 36.0. The van der Waals surface area contributed by atoms with Crippen molar-refractivity contribution in [1.82, 2.24) is 19.7 Å². The van der Waals surface area contributed by atoms with E-state index in [-0.39, 0.29) is 18.2 Å². The average molecular weight is 477 g/mol. The first-order valence-electron chi connectivity index (χ1n) is 10.9. The largest absolute Gasteiger partial charge is 0.490 e. The van der Waals surface area contributed by atoms with Gasteiger partial charge in [0, 0.05) is 35.8 Å². The van der Waals surface area contributed by atoms with Gasteiger partial charge in [-0.15, -0.1) is 0 Å². The Hall–Kier alpha value is -2.55. The van der Waals surface area contributed by atoms with Crippen LogP contribution in [0.15, 0.2) is 49.1 Å². The minimum Gasteiger partial charge on any atom is -0.490 e. The lowest BCUT2D eigenvalue weighted by Gasteiger charge is -2.44. The zero-order chi connectivity index (χ0) is 23.6. The molecule has 33 heavy (non-hydrogen) atoms. The Labute approximate surface area is 196 Å². The fourth-order valence-electron chi connectivity index (χ4n) is 4.45. The van der Waals surface area contributed by atoms with E-state index in [2.05, 4.69) is 15.0 Å². The molecule has 2 aromatic carbocycles. The SMILES string of the molecule is Cc1cc(Cl)ccc1OC1CCN([C@H](C)[C@](O)(Cn2cncn2)c2ccc(F)cc2F)CC1. The summed E-state index contributed by atoms with van der Waals surface area (Å²) in [6, 6.07) is 8.34. The molecule has 0 amide bonds. The third kappa shape index (κ3) is 5.18. The monoisotopic (exact) mass is 476 g/mol. The van der Waals surface area contributed by atoms with Gasteiger partial charge in [0.15, 0.2) is 0 Å². The number of aromatic nitrogens is 3. The molecule has 0 bridgehead atoms. The molecule has 1 fully saturated rings. The van der Waals surface area contributed by atoms with Crippen molar-refractivity contribution >= 4 is 11.6 Å². The van der Waals surface area contributed by atoms with Gasteiger partial charge >= 0.3 is 0 Å². The highest BCUT2D eigenvalue weighted by Crippen LogP contribution is 2.34. The summed E-state index contributed by atoms with van der Waals surface area (Å²) in [5, 5.41) is 16.5. The van der Waals surface area contributed by atoms with Crippen molar-refractivity contribution in [2.75, 3.05) is 13.1 Å². The normalized spacial score (nSPS) is 18.1. The zero-order valence-corrected chi connectivity index (χ0v) is 19.3. The van der Waals surface area contributed by atoms with Crippen molar-refractivity contribution in [2.45, 2.75) is 51.0 Å². The van der Waals surface area contributed by atoms with E-state index in [0.717, 1.165) is 36.3 Å². The number of piperidine rings is 1. The first-order chi connectivity index (χ1) is 15.8. The summed E-state index contributed by atoms with van der Waals surface area (Å²) in [4.78, 5) is 6.02. The smallest absolute Gasteiger partial charge is 0.137 e. The maximum Gasteiger partial charge on any atom is 0.137 e. The summed E-state index contributed by atoms with van der Waals surface area (Å²) in [6.45, 7) is 5.10. The van der Waals surface area contributed by atoms with E-state index in [1.54, 1.807) is 0 Å². The highest BCUT2D eigenvalue weighted by Gasteiger charge is 2.43. The van der Waals surface area contributed by atoms with Crippen molar-refractivity contribution in [3.05, 3.63) is 76.8 Å². The number of hydrogen-bond donors (Lipinski definition) is 1. The number of nitrogens with zero attached hydrogens (tertiary/aromatic N) is 4. The molecule has 0 aliphatic carbocycles. The molecule has 1 aromatic heterocycles. The first kappa shape index (κ1) is 23.6. The fraction of sp³-hybridized carbons (Fsp3) is 0.417. The number of benzene rings is 2. The Morgan fingerprint density at radius 2 is 1.97 bits per heavy atom. The summed E-state index contributed by atoms with van der Waals surface area (Å²) in [6.07, 6.45) is 4.34. The summed E-state index contributed by atoms with van der Waals surface area (Å²) in [7, 11) is 0. The number of ether oxygens (including phenoxy) is 1. The van der Waals surface area contributed by atoms with Crippen LogP contribution in [-0.2, 0) is 12.1 Å². The van der Waals surface area contributed by atoms with Crippen LogP contribution >= 0.6 is 11.6 Å². The molecule has 2 heterocycles. The Balaban J connectivity index is 1.50. The molecule has 2 atom stereocenters. The Morgan fingerprint density at radius 3 is 2.61 bits per heavy atom. The second-order valence-corrected chi connectivity index (χ2v) is 9.02. The van der Waals surface area contributed by atoms with Crippen LogP contribution in [0.3, 0.4) is 0 Å². The first-order valence-corrected chi connectivity index (χ1v) is 11.3. The quantitative estimate of drug-likeness (QED) is 0.549. The lowest BCUT2D eigenvalue weighted by molar-refractivity contribution is -0.0747. The van der Waals surface area contributed by atoms with E-state index in [9.17, 15) is 13.9 Å². The predicted molar refractivity (Wildman–Crippen MR) is 121 cm³/mol. The van der Waals surface area contributed by atoms with E-state index in [1.807, 2.05) is 32.0 Å². The summed E-state index contributed by atoms with van der Waals surface area (Å²) >= 11 is 6.03. The van der Waals surface area contributed by atoms with E-state index in [0.29, 0.717) is 18.1 Å². The van der Waals surface area contributed by atoms with Crippen LogP contribution in [0.5, 0.6) is 5.75 Å². The van der Waals surface area contributed by atoms with Gasteiger partial charge in [0.1, 0.15) is 41.7 Å². The van der Waals surface area contributed by atoms with Crippen molar-refractivity contribution < 1.29 is 18.6 Å². The van der Waals surface area contributed by atoms with Gasteiger partial charge in [0.2, 0.25) is 0 Å². The molecular formula is C24H27ClF2N4O2. The minimum absolute atomic E-state index is 0.0167. The molecule has 1 N–H and O–H groups in total. The topological polar surface area (TPSA) is 63.4 Å². The average Bonchev–Trinajstić information content (AvgIpc) is 3.28. The number of halogens is 3. The highest BCUT2D eigenvalue weighted by atomic mass is 35.5. The van der Waals surface area contributed by atoms with Gasteiger partial charge in [0.05, 0.1) is 6.54 Å². The van der Waals surface area contributed by atoms with Crippen LogP contribution in [0.4, 0.5) is 8.78 Å². The molecule has 1 aliphatic heterocycles. The van der Waals surface area contributed by atoms with Crippen LogP contribution in [0.2, 0.25) is 5.02 Å². The number of aliphatic hydroxyl groups is 1. The number of likely N-dealkylation sites (tertiary alicyclic amines) is 1. The van der Waals surface area contributed by atoms with Crippen molar-refractivity contribution in [1.29, 1.82) is 0 Å². The van der Waals surface area contributed by atoms with Crippen LogP contribution in [0.25, 0.3) is 0 Å². The minimum atomic E-state index is -1.65. The fourth-order valence-corrected chi connectivity index (χ4v) is 4.68. The third-order valence-electron chi connectivity index (χ3n) is 6.41. The lowest BCUT2D eigenvalue weighted by Crippen LogP contribution is -2.54. The molecule has 4 rings (SSSR count). The lowest BCUT2D eigenvalue weighted by atomic mass is 9.84. The molecule has 0 spiro atoms. The molecule has 0 radical (unpaired) electrons. The van der Waals surface area contributed by atoms with Gasteiger partial charge < -0.3 is 9.84 Å². The third-order valence-corrected chi connectivity index (χ3v) is 6.65. The molecule has 9 heteroatoms. The van der Waals surface area contributed by atoms with E-state index < -0.39 is 23.3 Å². The van der Waals surface area contributed by atoms with E-state index in [1.165, 1.54) is 23.4 Å². The second kappa shape index (κ2) is 9.75. The summed E-state index contributed by atoms with van der Waals surface area (Å²) in [5.41, 5.74) is -0.638. The van der Waals surface area contributed by atoms with Gasteiger partial charge in [-0.2, -0.15) is 5.10 Å². The van der Waals surface area contributed by atoms with Crippen molar-refractivity contribution in [2.24, 2.45) is 0 Å². The Kier molecular flexibility index (Phi) is 6.97. The molecule has 0 saturated carbocycles. The van der Waals surface area contributed by atoms with Crippen LogP contribution < -0.4 is 4.74 Å². The zero-order valence-electron chi connectivity index (χ0n) is 18.6. The number of aryl methyl sites for hydroxylation is 1. The van der Waals surface area contributed by atoms with Crippen LogP contribution in [0.1, 0.15) is 30.9 Å². The van der Waals surface area contributed by atoms with Gasteiger partial charge in [-0.3, -0.25) is 4.90 Å². The predicted octanol–water partition coefficient (Wildman–Crippen LogP) is 4.34. The highest BCUT2D eigenvalue weighted by molar-refractivity contribution is 6.30. The van der Waals surface area contributed by atoms with E-state index in [4.69, 9.17) is 16.3 Å². The van der Waals surface area contributed by atoms with Crippen molar-refractivity contribution in [3.63, 3.8) is 0 Å². The number of hydrogen-bond acceptors (Lipinski definition) is 5. The van der Waals surface area contributed by atoms with Crippen LogP contribution in [0, 0.1) is 18.6 Å². The molecule has 6 nitrogen and oxygen atoms in total. The van der Waals surface area contributed by atoms with Crippen molar-refractivity contribution in [3.8, 4) is 5.75 Å². The van der Waals surface area contributed by atoms with Gasteiger partial charge in [-0.05, 0) is 56.5 Å². The summed E-state index contributed by atoms with van der Waals surface area (Å²) in [5.74, 6) is -0.676. The Bertz CT molecular complexity index is 1090. The molecular weight excluding hydrogens is 450 g/mol. The Morgan fingerprint density at radius 1 is 1.21 bits per heavy atom.